The quantitative estimate of drug-likeness (QED) is 0.137. The molecule has 3 aliphatic rings. The van der Waals surface area contributed by atoms with Gasteiger partial charge in [-0.1, -0.05) is 48.5 Å². The average Bonchev–Trinajstić information content (AvgIpc) is 3.76. The second-order valence-electron chi connectivity index (χ2n) is 13.8. The Hall–Kier alpha value is -5.67. The monoisotopic (exact) mass is 676 g/mol. The third kappa shape index (κ3) is 7.30. The van der Waals surface area contributed by atoms with Gasteiger partial charge in [0.1, 0.15) is 11.6 Å². The number of nitrogens with two attached hydrogens (primary N) is 1. The number of urea groups is 1. The maximum Gasteiger partial charge on any atom is 0.321 e. The summed E-state index contributed by atoms with van der Waals surface area (Å²) in [6.07, 6.45) is 4.47. The number of piperazine rings is 1. The largest absolute Gasteiger partial charge is 0.399 e. The second-order valence-corrected chi connectivity index (χ2v) is 13.8. The van der Waals surface area contributed by atoms with Crippen LogP contribution in [0.5, 0.6) is 0 Å². The highest BCUT2D eigenvalue weighted by molar-refractivity contribution is 5.93. The van der Waals surface area contributed by atoms with Crippen molar-refractivity contribution in [2.45, 2.75) is 37.8 Å². The first-order valence-corrected chi connectivity index (χ1v) is 18.0. The van der Waals surface area contributed by atoms with Crippen molar-refractivity contribution in [3.8, 4) is 0 Å². The van der Waals surface area contributed by atoms with Crippen LogP contribution in [-0.2, 0) is 12.8 Å². The van der Waals surface area contributed by atoms with Crippen LogP contribution in [0.15, 0.2) is 109 Å². The molecule has 2 aromatic heterocycles. The van der Waals surface area contributed by atoms with Gasteiger partial charge in [0, 0.05) is 48.3 Å². The number of fused-ring (bicyclic) bond motifs is 4. The number of hydrogen-bond donors (Lipinski definition) is 4. The van der Waals surface area contributed by atoms with E-state index in [2.05, 4.69) is 93.5 Å². The molecule has 2 atom stereocenters. The molecule has 258 valence electrons. The van der Waals surface area contributed by atoms with E-state index in [1.807, 2.05) is 53.4 Å². The van der Waals surface area contributed by atoms with Crippen LogP contribution in [0, 0.1) is 0 Å². The van der Waals surface area contributed by atoms with Gasteiger partial charge in [0.15, 0.2) is 0 Å². The molecule has 2 amide bonds. The summed E-state index contributed by atoms with van der Waals surface area (Å²) >= 11 is 0. The average molecular weight is 677 g/mol. The minimum Gasteiger partial charge on any atom is -0.399 e. The second kappa shape index (κ2) is 14.3. The standard InChI is InChI=1S/C24H27N5O.C18H17N3/c1-28-12-14-29(15-13-28)24(30)25-19-8-10-21-18(16-19)7-11-23(26-21)27-22-9-6-17-4-2-3-5-20(17)22;19-14-7-9-16-13(11-14)6-10-18(20-16)21-17-8-5-12-3-1-2-4-15(12)17/h2-5,7-8,10-11,16,22H,6,9,12-15H2,1H3,(H,25,30)(H,26,27);1-4,6-7,9-11,17H,5,8,19H2,(H,20,21)/t22-;17-/m11/s1. The molecule has 6 aromatic rings. The molecule has 51 heavy (non-hydrogen) atoms. The van der Waals surface area contributed by atoms with Crippen molar-refractivity contribution in [1.29, 1.82) is 0 Å². The number of rotatable bonds is 5. The van der Waals surface area contributed by atoms with Crippen LogP contribution in [0.1, 0.15) is 47.2 Å². The fourth-order valence-electron chi connectivity index (χ4n) is 7.49. The summed E-state index contributed by atoms with van der Waals surface area (Å²) in [4.78, 5) is 26.1. The third-order valence-corrected chi connectivity index (χ3v) is 10.4. The number of carbonyl (C=O) groups excluding carboxylic acids is 1. The van der Waals surface area contributed by atoms with E-state index in [0.717, 1.165) is 96.7 Å². The van der Waals surface area contributed by atoms with E-state index in [0.29, 0.717) is 12.1 Å². The van der Waals surface area contributed by atoms with Crippen LogP contribution in [0.25, 0.3) is 21.8 Å². The molecule has 1 aliphatic heterocycles. The molecule has 1 fully saturated rings. The van der Waals surface area contributed by atoms with E-state index in [1.54, 1.807) is 0 Å². The van der Waals surface area contributed by atoms with E-state index in [1.165, 1.54) is 22.3 Å². The molecule has 4 aromatic carbocycles. The Balaban J connectivity index is 0.000000156. The van der Waals surface area contributed by atoms with Gasteiger partial charge in [0.05, 0.1) is 23.1 Å². The van der Waals surface area contributed by atoms with Crippen molar-refractivity contribution >= 4 is 50.8 Å². The highest BCUT2D eigenvalue weighted by Gasteiger charge is 2.23. The first-order chi connectivity index (χ1) is 24.9. The van der Waals surface area contributed by atoms with Gasteiger partial charge in [0.2, 0.25) is 0 Å². The smallest absolute Gasteiger partial charge is 0.321 e. The van der Waals surface area contributed by atoms with Gasteiger partial charge in [-0.15, -0.1) is 0 Å². The zero-order chi connectivity index (χ0) is 34.7. The number of benzene rings is 4. The molecule has 0 unspecified atom stereocenters. The van der Waals surface area contributed by atoms with Crippen molar-refractivity contribution < 1.29 is 4.79 Å². The van der Waals surface area contributed by atoms with Gasteiger partial charge >= 0.3 is 6.03 Å². The van der Waals surface area contributed by atoms with Crippen LogP contribution in [0.2, 0.25) is 0 Å². The minimum atomic E-state index is -0.0337. The SMILES string of the molecule is CN1CCN(C(=O)Nc2ccc3nc(N[C@@H]4CCc5ccccc54)ccc3c2)CC1.Nc1ccc2nc(N[C@@H]3CCc4ccccc43)ccc2c1. The number of amides is 2. The highest BCUT2D eigenvalue weighted by atomic mass is 16.2. The lowest BCUT2D eigenvalue weighted by Crippen LogP contribution is -2.48. The van der Waals surface area contributed by atoms with E-state index < -0.39 is 0 Å². The number of aromatic nitrogens is 2. The summed E-state index contributed by atoms with van der Waals surface area (Å²) in [7, 11) is 2.08. The van der Waals surface area contributed by atoms with Gasteiger partial charge in [-0.25, -0.2) is 14.8 Å². The van der Waals surface area contributed by atoms with Crippen molar-refractivity contribution in [3.05, 3.63) is 131 Å². The van der Waals surface area contributed by atoms with Crippen molar-refractivity contribution in [2.75, 3.05) is 54.9 Å². The molecule has 2 aliphatic carbocycles. The molecule has 9 heteroatoms. The first kappa shape index (κ1) is 32.5. The maximum absolute atomic E-state index is 12.5. The summed E-state index contributed by atoms with van der Waals surface area (Å²) in [6, 6.07) is 37.8. The lowest BCUT2D eigenvalue weighted by atomic mass is 10.1. The number of nitrogens with one attached hydrogen (secondary N) is 3. The topological polar surface area (TPSA) is 111 Å². The molecular weight excluding hydrogens is 633 g/mol. The first-order valence-electron chi connectivity index (χ1n) is 18.0. The predicted octanol–water partition coefficient (Wildman–Crippen LogP) is 8.03. The van der Waals surface area contributed by atoms with Crippen LogP contribution >= 0.6 is 0 Å². The van der Waals surface area contributed by atoms with Crippen LogP contribution in [0.4, 0.5) is 27.8 Å². The molecule has 0 spiro atoms. The van der Waals surface area contributed by atoms with Gasteiger partial charge in [-0.3, -0.25) is 0 Å². The van der Waals surface area contributed by atoms with Crippen molar-refractivity contribution in [3.63, 3.8) is 0 Å². The Morgan fingerprint density at radius 3 is 1.82 bits per heavy atom. The van der Waals surface area contributed by atoms with Gasteiger partial charge < -0.3 is 31.5 Å². The zero-order valence-corrected chi connectivity index (χ0v) is 29.0. The van der Waals surface area contributed by atoms with E-state index in [-0.39, 0.29) is 6.03 Å². The summed E-state index contributed by atoms with van der Waals surface area (Å²) in [6.45, 7) is 3.35. The fourth-order valence-corrected chi connectivity index (χ4v) is 7.49. The van der Waals surface area contributed by atoms with Crippen LogP contribution in [0.3, 0.4) is 0 Å². The molecule has 1 saturated heterocycles. The number of pyridine rings is 2. The molecule has 3 heterocycles. The number of anilines is 4. The highest BCUT2D eigenvalue weighted by Crippen LogP contribution is 2.35. The number of nitrogens with zero attached hydrogens (tertiary/aromatic N) is 4. The Kier molecular flexibility index (Phi) is 9.11. The van der Waals surface area contributed by atoms with E-state index in [4.69, 9.17) is 10.7 Å². The Bertz CT molecular complexity index is 2190. The molecule has 0 saturated carbocycles. The number of aryl methyl sites for hydroxylation is 2. The number of likely N-dealkylation sites (N-methyl/N-ethyl adjacent to an activating group) is 1. The van der Waals surface area contributed by atoms with Crippen molar-refractivity contribution in [2.24, 2.45) is 0 Å². The van der Waals surface area contributed by atoms with Gasteiger partial charge in [-0.05, 0) is 116 Å². The lowest BCUT2D eigenvalue weighted by molar-refractivity contribution is 0.164. The Morgan fingerprint density at radius 2 is 1.22 bits per heavy atom. The normalized spacial score (nSPS) is 18.1. The minimum absolute atomic E-state index is 0.0337. The third-order valence-electron chi connectivity index (χ3n) is 10.4. The maximum atomic E-state index is 12.5. The molecule has 0 bridgehead atoms. The molecule has 9 rings (SSSR count). The molecule has 9 nitrogen and oxygen atoms in total. The number of nitrogen functional groups attached to an aromatic ring is 1. The molecule has 0 radical (unpaired) electrons. The summed E-state index contributed by atoms with van der Waals surface area (Å²) < 4.78 is 0. The summed E-state index contributed by atoms with van der Waals surface area (Å²) in [5, 5.41) is 12.3. The van der Waals surface area contributed by atoms with E-state index in [9.17, 15) is 4.79 Å². The van der Waals surface area contributed by atoms with Crippen molar-refractivity contribution in [1.82, 2.24) is 19.8 Å². The molecule has 5 N–H and O–H groups in total. The van der Waals surface area contributed by atoms with Gasteiger partial charge in [-0.2, -0.15) is 0 Å². The molecular formula is C42H44N8O. The number of hydrogen-bond acceptors (Lipinski definition) is 7. The van der Waals surface area contributed by atoms with Crippen LogP contribution in [-0.4, -0.2) is 59.0 Å². The zero-order valence-electron chi connectivity index (χ0n) is 29.0. The van der Waals surface area contributed by atoms with Gasteiger partial charge in [0.25, 0.3) is 0 Å². The summed E-state index contributed by atoms with van der Waals surface area (Å²) in [5.74, 6) is 1.81. The number of carbonyl (C=O) groups is 1. The summed E-state index contributed by atoms with van der Waals surface area (Å²) in [5.41, 5.74) is 14.9. The Labute approximate surface area is 298 Å². The predicted molar refractivity (Wildman–Crippen MR) is 208 cm³/mol. The Morgan fingerprint density at radius 1 is 0.667 bits per heavy atom. The van der Waals surface area contributed by atoms with E-state index >= 15 is 0 Å². The van der Waals surface area contributed by atoms with Crippen LogP contribution < -0.4 is 21.7 Å². The fraction of sp³-hybridized carbons (Fsp3) is 0.262. The lowest BCUT2D eigenvalue weighted by Gasteiger charge is -2.32.